The van der Waals surface area contributed by atoms with E-state index in [4.69, 9.17) is 4.42 Å². The van der Waals surface area contributed by atoms with Gasteiger partial charge in [-0.25, -0.2) is 4.39 Å². The van der Waals surface area contributed by atoms with Crippen LogP contribution in [-0.4, -0.2) is 28.2 Å². The van der Waals surface area contributed by atoms with E-state index >= 15 is 4.39 Å². The van der Waals surface area contributed by atoms with Crippen molar-refractivity contribution in [3.05, 3.63) is 150 Å². The molecule has 0 bridgehead atoms. The van der Waals surface area contributed by atoms with Crippen LogP contribution >= 0.6 is 0 Å². The molecule has 220 valence electrons. The predicted molar refractivity (Wildman–Crippen MR) is 161 cm³/mol. The molecule has 6 nitrogen and oxygen atoms in total. The molecule has 0 saturated heterocycles. The van der Waals surface area contributed by atoms with Crippen molar-refractivity contribution in [2.24, 2.45) is 0 Å². The van der Waals surface area contributed by atoms with Crippen LogP contribution in [0.15, 0.2) is 126 Å². The van der Waals surface area contributed by atoms with Crippen molar-refractivity contribution in [2.45, 2.75) is 26.1 Å². The Balaban J connectivity index is 1.28. The van der Waals surface area contributed by atoms with Gasteiger partial charge >= 0.3 is 6.43 Å². The molecule has 0 radical (unpaired) electrons. The second-order valence-corrected chi connectivity index (χ2v) is 10.0. The van der Waals surface area contributed by atoms with Crippen molar-refractivity contribution in [2.75, 3.05) is 18.0 Å². The fourth-order valence-corrected chi connectivity index (χ4v) is 4.72. The molecule has 0 atom stereocenters. The van der Waals surface area contributed by atoms with Crippen LogP contribution in [0, 0.1) is 5.82 Å². The number of benzene rings is 4. The number of aromatic nitrogens is 2. The van der Waals surface area contributed by atoms with E-state index in [0.29, 0.717) is 17.9 Å². The largest absolute Gasteiger partial charge is 0.415 e. The lowest BCUT2D eigenvalue weighted by Crippen LogP contribution is -2.36. The third kappa shape index (κ3) is 8.11. The van der Waals surface area contributed by atoms with E-state index < -0.39 is 18.1 Å². The summed E-state index contributed by atoms with van der Waals surface area (Å²) in [5.41, 5.74) is 3.91. The van der Waals surface area contributed by atoms with Crippen molar-refractivity contribution >= 4 is 5.69 Å². The Morgan fingerprint density at radius 3 is 1.95 bits per heavy atom. The normalized spacial score (nSPS) is 11.2. The lowest BCUT2D eigenvalue weighted by molar-refractivity contribution is 0.116. The average Bonchev–Trinajstić information content (AvgIpc) is 3.53. The number of hydrogen-bond donors (Lipinski definition) is 1. The van der Waals surface area contributed by atoms with E-state index in [2.05, 4.69) is 51.3 Å². The highest BCUT2D eigenvalue weighted by atomic mass is 19.3. The highest BCUT2D eigenvalue weighted by Gasteiger charge is 2.19. The molecule has 0 saturated carbocycles. The van der Waals surface area contributed by atoms with Gasteiger partial charge in [0.15, 0.2) is 0 Å². The minimum Gasteiger partial charge on any atom is -0.415 e. The summed E-state index contributed by atoms with van der Waals surface area (Å²) >= 11 is 0. The first-order chi connectivity index (χ1) is 21.0. The molecule has 1 N–H and O–H groups in total. The Labute approximate surface area is 249 Å². The molecule has 0 aliphatic carbocycles. The summed E-state index contributed by atoms with van der Waals surface area (Å²) in [5, 5.41) is 10.4. The summed E-state index contributed by atoms with van der Waals surface area (Å²) in [7, 11) is 0. The molecule has 0 aliphatic heterocycles. The zero-order chi connectivity index (χ0) is 30.0. The van der Waals surface area contributed by atoms with Crippen LogP contribution in [0.2, 0.25) is 0 Å². The quantitative estimate of drug-likeness (QED) is 0.145. The Morgan fingerprint density at radius 1 is 0.791 bits per heavy atom. The molecule has 43 heavy (non-hydrogen) atoms. The first-order valence-corrected chi connectivity index (χ1v) is 13.9. The van der Waals surface area contributed by atoms with Crippen LogP contribution < -0.4 is 10.2 Å². The summed E-state index contributed by atoms with van der Waals surface area (Å²) in [4.78, 5) is 4.27. The molecule has 0 amide bonds. The molecule has 9 heteroatoms. The SMILES string of the molecule is C=C(NCCN(Cc1ccccc1)Cc1ccccc1)N(Cc1ccc(-c2nnc(C(F)F)o2)cc1F)c1ccccc1. The maximum Gasteiger partial charge on any atom is 0.314 e. The highest BCUT2D eigenvalue weighted by Crippen LogP contribution is 2.27. The van der Waals surface area contributed by atoms with Crippen molar-refractivity contribution in [1.29, 1.82) is 0 Å². The summed E-state index contributed by atoms with van der Waals surface area (Å²) in [6.45, 7) is 7.42. The number of para-hydroxylation sites is 1. The maximum absolute atomic E-state index is 15.3. The van der Waals surface area contributed by atoms with Crippen LogP contribution in [0.25, 0.3) is 11.5 Å². The molecule has 5 rings (SSSR count). The summed E-state index contributed by atoms with van der Waals surface area (Å²) in [6, 6.07) is 34.7. The number of rotatable bonds is 14. The fourth-order valence-electron chi connectivity index (χ4n) is 4.72. The van der Waals surface area contributed by atoms with Crippen molar-refractivity contribution in [3.63, 3.8) is 0 Å². The number of alkyl halides is 2. The zero-order valence-corrected chi connectivity index (χ0v) is 23.5. The van der Waals surface area contributed by atoms with Crippen LogP contribution in [0.5, 0.6) is 0 Å². The fraction of sp³-hybridized carbons (Fsp3) is 0.176. The number of halogens is 3. The molecule has 0 fully saturated rings. The highest BCUT2D eigenvalue weighted by molar-refractivity contribution is 5.55. The van der Waals surface area contributed by atoms with Gasteiger partial charge in [-0.15, -0.1) is 10.2 Å². The van der Waals surface area contributed by atoms with E-state index in [1.54, 1.807) is 12.1 Å². The van der Waals surface area contributed by atoms with Gasteiger partial charge in [-0.2, -0.15) is 8.78 Å². The number of nitrogens with one attached hydrogen (secondary N) is 1. The summed E-state index contributed by atoms with van der Waals surface area (Å²) in [6.07, 6.45) is -2.90. The topological polar surface area (TPSA) is 57.4 Å². The second-order valence-electron chi connectivity index (χ2n) is 10.0. The van der Waals surface area contributed by atoms with Gasteiger partial charge in [0.05, 0.1) is 12.4 Å². The van der Waals surface area contributed by atoms with Gasteiger partial charge in [0.25, 0.3) is 5.89 Å². The first kappa shape index (κ1) is 29.6. The standard InChI is InChI=1S/C34H32F3N5O/c1-25(38-19-20-41(22-26-11-5-2-6-12-26)23-27-13-7-3-8-14-27)42(30-15-9-4-10-16-30)24-29-18-17-28(21-31(29)35)33-39-40-34(43-33)32(36)37/h2-18,21,32,38H,1,19-20,22-24H2. The summed E-state index contributed by atoms with van der Waals surface area (Å²) < 4.78 is 46.0. The van der Waals surface area contributed by atoms with Crippen LogP contribution in [-0.2, 0) is 19.6 Å². The van der Waals surface area contributed by atoms with Crippen molar-refractivity contribution in [3.8, 4) is 11.5 Å². The van der Waals surface area contributed by atoms with E-state index in [1.165, 1.54) is 17.2 Å². The van der Waals surface area contributed by atoms with E-state index in [0.717, 1.165) is 25.3 Å². The number of nitrogens with zero attached hydrogens (tertiary/aromatic N) is 4. The monoisotopic (exact) mass is 583 g/mol. The van der Waals surface area contributed by atoms with Gasteiger partial charge in [0.2, 0.25) is 5.89 Å². The van der Waals surface area contributed by atoms with Crippen molar-refractivity contribution in [1.82, 2.24) is 20.4 Å². The van der Waals surface area contributed by atoms with Crippen LogP contribution in [0.4, 0.5) is 18.9 Å². The molecule has 1 aromatic heterocycles. The number of hydrogen-bond acceptors (Lipinski definition) is 6. The van der Waals surface area contributed by atoms with Gasteiger partial charge in [0.1, 0.15) is 5.82 Å². The van der Waals surface area contributed by atoms with E-state index in [-0.39, 0.29) is 18.0 Å². The molecule has 5 aromatic rings. The molecule has 0 aliphatic rings. The maximum atomic E-state index is 15.3. The number of anilines is 1. The Bertz CT molecular complexity index is 1560. The minimum absolute atomic E-state index is 0.165. The first-order valence-electron chi connectivity index (χ1n) is 13.9. The van der Waals surface area contributed by atoms with Crippen molar-refractivity contribution < 1.29 is 17.6 Å². The zero-order valence-electron chi connectivity index (χ0n) is 23.5. The molecule has 4 aromatic carbocycles. The smallest absolute Gasteiger partial charge is 0.314 e. The van der Waals surface area contributed by atoms with Gasteiger partial charge in [0, 0.05) is 43.0 Å². The Hall–Kier alpha value is -4.89. The summed E-state index contributed by atoms with van der Waals surface area (Å²) in [5.74, 6) is -0.877. The predicted octanol–water partition coefficient (Wildman–Crippen LogP) is 7.58. The van der Waals surface area contributed by atoms with Gasteiger partial charge < -0.3 is 14.6 Å². The lowest BCUT2D eigenvalue weighted by Gasteiger charge is -2.29. The third-order valence-corrected chi connectivity index (χ3v) is 6.90. The third-order valence-electron chi connectivity index (χ3n) is 6.90. The molecule has 0 unspecified atom stereocenters. The molecular weight excluding hydrogens is 551 g/mol. The molecular formula is C34H32F3N5O. The van der Waals surface area contributed by atoms with E-state index in [1.807, 2.05) is 71.6 Å². The Kier molecular flexibility index (Phi) is 9.86. The van der Waals surface area contributed by atoms with Gasteiger partial charge in [-0.1, -0.05) is 91.5 Å². The molecule has 0 spiro atoms. The van der Waals surface area contributed by atoms with E-state index in [9.17, 15) is 8.78 Å². The van der Waals surface area contributed by atoms with Gasteiger partial charge in [-0.05, 0) is 35.4 Å². The minimum atomic E-state index is -2.90. The molecule has 1 heterocycles. The van der Waals surface area contributed by atoms with Gasteiger partial charge in [-0.3, -0.25) is 4.90 Å². The van der Waals surface area contributed by atoms with Crippen LogP contribution in [0.1, 0.15) is 29.0 Å². The Morgan fingerprint density at radius 2 is 1.40 bits per heavy atom. The van der Waals surface area contributed by atoms with Crippen LogP contribution in [0.3, 0.4) is 0 Å². The second kappa shape index (κ2) is 14.3. The average molecular weight is 584 g/mol. The lowest BCUT2D eigenvalue weighted by atomic mass is 10.1.